The van der Waals surface area contributed by atoms with Crippen molar-refractivity contribution < 1.29 is 45.0 Å². The molecule has 0 saturated carbocycles. The lowest BCUT2D eigenvalue weighted by Crippen LogP contribution is -2.33. The third-order valence-corrected chi connectivity index (χ3v) is 3.40. The highest BCUT2D eigenvalue weighted by molar-refractivity contribution is 5.77. The van der Waals surface area contributed by atoms with Gasteiger partial charge in [0.05, 0.1) is 44.3 Å². The monoisotopic (exact) mass is 416 g/mol. The maximum Gasteiger partial charge on any atom is 0.513 e. The number of methoxy groups -OCH3 is 2. The fourth-order valence-corrected chi connectivity index (χ4v) is 2.06. The van der Waals surface area contributed by atoms with Crippen molar-refractivity contribution in [2.24, 2.45) is 11.6 Å². The predicted molar refractivity (Wildman–Crippen MR) is 108 cm³/mol. The Morgan fingerprint density at radius 1 is 1.41 bits per heavy atom. The second-order valence-electron chi connectivity index (χ2n) is 5.48. The van der Waals surface area contributed by atoms with Crippen LogP contribution >= 0.6 is 0 Å². The summed E-state index contributed by atoms with van der Waals surface area (Å²) in [7, 11) is -6.47. The SMILES string of the molecule is [2H]C(=C([2H])C1([2H])C=C(OC([2H])([2H])[2H])CC([2H])(OC([2H])([2H])[2H])C1([2H])[2H])c1ccc(OC(=O)OCCNC(=O)CN)cc1. The second kappa shape index (κ2) is 11.9. The van der Waals surface area contributed by atoms with Crippen LogP contribution in [0.15, 0.2) is 42.2 Å². The zero-order valence-electron chi connectivity index (χ0n) is 27.2. The Hall–Kier alpha value is -2.84. The van der Waals surface area contributed by atoms with Crippen LogP contribution in [-0.2, 0) is 19.0 Å². The highest BCUT2D eigenvalue weighted by Crippen LogP contribution is 2.27. The van der Waals surface area contributed by atoms with Crippen LogP contribution in [0.4, 0.5) is 4.79 Å². The third kappa shape index (κ3) is 7.97. The van der Waals surface area contributed by atoms with Crippen molar-refractivity contribution in [3.8, 4) is 5.75 Å². The van der Waals surface area contributed by atoms with E-state index in [-0.39, 0.29) is 31.0 Å². The number of hydrogen-bond acceptors (Lipinski definition) is 7. The molecule has 0 aliphatic heterocycles. The van der Waals surface area contributed by atoms with E-state index in [4.69, 9.17) is 36.4 Å². The Bertz CT molecular complexity index is 1180. The average molecular weight is 417 g/mol. The normalized spacial score (nSPS) is 33.2. The minimum Gasteiger partial charge on any atom is -0.501 e. The van der Waals surface area contributed by atoms with E-state index in [1.165, 1.54) is 24.3 Å². The lowest BCUT2D eigenvalue weighted by Gasteiger charge is -2.25. The first-order valence-corrected chi connectivity index (χ1v) is 8.35. The van der Waals surface area contributed by atoms with Gasteiger partial charge in [-0.3, -0.25) is 4.79 Å². The van der Waals surface area contributed by atoms with Gasteiger partial charge in [-0.1, -0.05) is 24.2 Å². The van der Waals surface area contributed by atoms with Crippen molar-refractivity contribution in [1.29, 1.82) is 0 Å². The molecule has 0 saturated heterocycles. The lowest BCUT2D eigenvalue weighted by atomic mass is 9.91. The molecule has 29 heavy (non-hydrogen) atoms. The minimum atomic E-state index is -3.34. The molecular formula is C21H28N2O6. The molecule has 1 amide bonds. The van der Waals surface area contributed by atoms with E-state index in [9.17, 15) is 9.59 Å². The van der Waals surface area contributed by atoms with Crippen LogP contribution in [-0.4, -0.2) is 51.9 Å². The number of amides is 1. The Morgan fingerprint density at radius 2 is 2.24 bits per heavy atom. The van der Waals surface area contributed by atoms with E-state index >= 15 is 0 Å². The zero-order valence-corrected chi connectivity index (χ0v) is 15.2. The molecule has 1 aromatic carbocycles. The molecule has 0 radical (unpaired) electrons. The van der Waals surface area contributed by atoms with Crippen molar-refractivity contribution in [2.45, 2.75) is 18.9 Å². The molecule has 0 aromatic heterocycles. The van der Waals surface area contributed by atoms with Gasteiger partial charge >= 0.3 is 6.16 Å². The summed E-state index contributed by atoms with van der Waals surface area (Å²) in [5.41, 5.74) is 5.05. The van der Waals surface area contributed by atoms with Gasteiger partial charge in [-0.2, -0.15) is 0 Å². The fourth-order valence-electron chi connectivity index (χ4n) is 2.06. The lowest BCUT2D eigenvalue weighted by molar-refractivity contribution is -0.119. The highest BCUT2D eigenvalue weighted by atomic mass is 16.7. The molecule has 0 fully saturated rings. The van der Waals surface area contributed by atoms with Gasteiger partial charge < -0.3 is 30.0 Å². The van der Waals surface area contributed by atoms with Crippen LogP contribution in [0.1, 0.15) is 34.8 Å². The molecule has 158 valence electrons. The van der Waals surface area contributed by atoms with E-state index in [0.717, 1.165) is 0 Å². The standard InChI is InChI=1S/C21H28N2O6/c1-26-18-11-16(12-19(13-18)27-2)4-3-15-5-7-17(8-6-15)29-21(25)28-10-9-23-20(24)14-22/h3-8,11,16,19H,9-10,12-14,22H2,1-2H3,(H,23,24)/i1D3,2D3,3D,4D,12D2,16D,19D. The molecule has 2 unspecified atom stereocenters. The van der Waals surface area contributed by atoms with Crippen LogP contribution in [0.2, 0.25) is 0 Å². The molecule has 0 bridgehead atoms. The number of benzene rings is 1. The Balaban J connectivity index is 2.37. The second-order valence-corrected chi connectivity index (χ2v) is 5.48. The van der Waals surface area contributed by atoms with Crippen molar-refractivity contribution in [2.75, 3.05) is 33.8 Å². The van der Waals surface area contributed by atoms with Crippen LogP contribution in [0, 0.1) is 5.89 Å². The first kappa shape index (κ1) is 10.8. The summed E-state index contributed by atoms with van der Waals surface area (Å²) in [6.07, 6.45) is -7.95. The zero-order chi connectivity index (χ0) is 31.4. The summed E-state index contributed by atoms with van der Waals surface area (Å²) < 4.78 is 114. The van der Waals surface area contributed by atoms with Gasteiger partial charge in [-0.15, -0.1) is 0 Å². The van der Waals surface area contributed by atoms with Gasteiger partial charge in [0.15, 0.2) is 0 Å². The molecule has 1 aromatic rings. The number of hydrogen-bond donors (Lipinski definition) is 2. The van der Waals surface area contributed by atoms with Gasteiger partial charge in [0, 0.05) is 23.5 Å². The number of nitrogens with two attached hydrogens (primary N) is 1. The molecule has 0 spiro atoms. The number of allylic oxidation sites excluding steroid dienone is 2. The summed E-state index contributed by atoms with van der Waals surface area (Å²) in [5, 5.41) is 2.38. The van der Waals surface area contributed by atoms with Crippen LogP contribution in [0.5, 0.6) is 5.75 Å². The molecule has 8 heteroatoms. The topological polar surface area (TPSA) is 109 Å². The number of carbonyl (C=O) groups is 2. The van der Waals surface area contributed by atoms with Crippen LogP contribution < -0.4 is 15.8 Å². The molecule has 1 aliphatic carbocycles. The Kier molecular flexibility index (Phi) is 4.42. The first-order valence-electron chi connectivity index (χ1n) is 14.3. The minimum absolute atomic E-state index is 0.00369. The predicted octanol–water partition coefficient (Wildman–Crippen LogP) is 2.25. The van der Waals surface area contributed by atoms with Crippen molar-refractivity contribution >= 4 is 18.1 Å². The molecule has 8 nitrogen and oxygen atoms in total. The summed E-state index contributed by atoms with van der Waals surface area (Å²) >= 11 is 0. The Morgan fingerprint density at radius 3 is 2.97 bits per heavy atom. The molecule has 2 atom stereocenters. The smallest absolute Gasteiger partial charge is 0.501 e. The van der Waals surface area contributed by atoms with E-state index in [0.29, 0.717) is 6.08 Å². The number of rotatable bonds is 9. The maximum atomic E-state index is 11.8. The largest absolute Gasteiger partial charge is 0.513 e. The maximum absolute atomic E-state index is 11.8. The highest BCUT2D eigenvalue weighted by Gasteiger charge is 2.21. The summed E-state index contributed by atoms with van der Waals surface area (Å²) in [4.78, 5) is 22.9. The molecule has 3 N–H and O–H groups in total. The summed E-state index contributed by atoms with van der Waals surface area (Å²) in [6, 6.07) is 2.96. The van der Waals surface area contributed by atoms with Gasteiger partial charge in [-0.05, 0) is 30.1 Å². The quantitative estimate of drug-likeness (QED) is 0.361. The number of nitrogens with one attached hydrogen (secondary N) is 1. The summed E-state index contributed by atoms with van der Waals surface area (Å²) in [5.74, 6) is -4.22. The van der Waals surface area contributed by atoms with Crippen molar-refractivity contribution in [1.82, 2.24) is 5.32 Å². The van der Waals surface area contributed by atoms with E-state index < -0.39 is 68.8 Å². The van der Waals surface area contributed by atoms with Gasteiger partial charge in [0.25, 0.3) is 0 Å². The Labute approximate surface area is 187 Å². The van der Waals surface area contributed by atoms with Crippen LogP contribution in [0.3, 0.4) is 0 Å². The molecule has 0 heterocycles. The number of carbonyl (C=O) groups excluding carboxylic acids is 2. The third-order valence-electron chi connectivity index (χ3n) is 3.40. The molecule has 2 rings (SSSR count). The molecular weight excluding hydrogens is 376 g/mol. The van der Waals surface area contributed by atoms with E-state index in [1.54, 1.807) is 0 Å². The van der Waals surface area contributed by atoms with Crippen molar-refractivity contribution in [3.05, 3.63) is 47.7 Å². The average Bonchev–Trinajstić information content (AvgIpc) is 2.82. The summed E-state index contributed by atoms with van der Waals surface area (Å²) in [6.45, 7) is -0.444. The molecule has 1 aliphatic rings. The first-order chi connectivity index (χ1) is 18.6. The van der Waals surface area contributed by atoms with Gasteiger partial charge in [0.1, 0.15) is 12.4 Å². The fraction of sp³-hybridized carbons (Fsp3) is 0.429. The van der Waals surface area contributed by atoms with E-state index in [2.05, 4.69) is 10.1 Å². The van der Waals surface area contributed by atoms with Gasteiger partial charge in [-0.25, -0.2) is 4.79 Å². The van der Waals surface area contributed by atoms with Gasteiger partial charge in [0.2, 0.25) is 5.91 Å². The van der Waals surface area contributed by atoms with Crippen LogP contribution in [0.25, 0.3) is 6.05 Å². The van der Waals surface area contributed by atoms with E-state index in [1.807, 2.05) is 0 Å². The van der Waals surface area contributed by atoms with Crippen molar-refractivity contribution in [3.63, 3.8) is 0 Å². The number of ether oxygens (including phenoxy) is 4.